The lowest BCUT2D eigenvalue weighted by molar-refractivity contribution is -0.120. The molecule has 1 N–H and O–H groups in total. The van der Waals surface area contributed by atoms with Crippen molar-refractivity contribution in [3.8, 4) is 5.75 Å². The van der Waals surface area contributed by atoms with Crippen molar-refractivity contribution in [3.05, 3.63) is 18.2 Å². The van der Waals surface area contributed by atoms with E-state index in [2.05, 4.69) is 5.32 Å². The van der Waals surface area contributed by atoms with Crippen molar-refractivity contribution in [1.29, 1.82) is 0 Å². The van der Waals surface area contributed by atoms with Gasteiger partial charge in [-0.25, -0.2) is 8.42 Å². The predicted octanol–water partition coefficient (Wildman–Crippen LogP) is 2.75. The van der Waals surface area contributed by atoms with Crippen molar-refractivity contribution in [3.63, 3.8) is 0 Å². The summed E-state index contributed by atoms with van der Waals surface area (Å²) in [6.45, 7) is 0.485. The summed E-state index contributed by atoms with van der Waals surface area (Å²) >= 11 is 0. The maximum atomic E-state index is 12.4. The number of rotatable bonds is 4. The second kappa shape index (κ2) is 7.01. The van der Waals surface area contributed by atoms with E-state index in [0.717, 1.165) is 25.7 Å². The highest BCUT2D eigenvalue weighted by Crippen LogP contribution is 2.34. The van der Waals surface area contributed by atoms with Crippen LogP contribution < -0.4 is 14.4 Å². The molecule has 6 nitrogen and oxygen atoms in total. The van der Waals surface area contributed by atoms with Gasteiger partial charge in [-0.2, -0.15) is 0 Å². The number of amides is 1. The molecule has 1 aliphatic carbocycles. The van der Waals surface area contributed by atoms with Gasteiger partial charge < -0.3 is 10.1 Å². The lowest BCUT2D eigenvalue weighted by Gasteiger charge is -2.22. The zero-order valence-corrected chi connectivity index (χ0v) is 14.8. The summed E-state index contributed by atoms with van der Waals surface area (Å²) in [4.78, 5) is 12.4. The van der Waals surface area contributed by atoms with Crippen molar-refractivity contribution in [2.45, 2.75) is 38.5 Å². The Labute approximate surface area is 143 Å². The standard InChI is InChI=1S/C17H24N2O4S/c1-23-16-12-14(19-10-5-11-24(19,21)22)8-9-15(16)18-17(20)13-6-3-2-4-7-13/h8-9,12-13H,2-7,10-11H2,1H3,(H,18,20). The van der Waals surface area contributed by atoms with Crippen LogP contribution >= 0.6 is 0 Å². The van der Waals surface area contributed by atoms with Crippen molar-refractivity contribution < 1.29 is 17.9 Å². The second-order valence-corrected chi connectivity index (χ2v) is 8.46. The van der Waals surface area contributed by atoms with Crippen molar-refractivity contribution in [1.82, 2.24) is 0 Å². The molecular weight excluding hydrogens is 328 g/mol. The fraction of sp³-hybridized carbons (Fsp3) is 0.588. The van der Waals surface area contributed by atoms with E-state index in [-0.39, 0.29) is 17.6 Å². The molecule has 0 unspecified atom stereocenters. The van der Waals surface area contributed by atoms with Gasteiger partial charge in [-0.1, -0.05) is 19.3 Å². The Morgan fingerprint density at radius 2 is 1.96 bits per heavy atom. The first-order valence-electron chi connectivity index (χ1n) is 8.50. The first-order valence-corrected chi connectivity index (χ1v) is 10.1. The van der Waals surface area contributed by atoms with Crippen LogP contribution in [-0.2, 0) is 14.8 Å². The molecule has 24 heavy (non-hydrogen) atoms. The molecule has 1 aromatic rings. The number of nitrogens with zero attached hydrogens (tertiary/aromatic N) is 1. The fourth-order valence-electron chi connectivity index (χ4n) is 3.47. The van der Waals surface area contributed by atoms with E-state index in [0.29, 0.717) is 30.1 Å². The quantitative estimate of drug-likeness (QED) is 0.904. The lowest BCUT2D eigenvalue weighted by atomic mass is 9.88. The number of nitrogens with one attached hydrogen (secondary N) is 1. The maximum absolute atomic E-state index is 12.4. The largest absolute Gasteiger partial charge is 0.494 e. The summed E-state index contributed by atoms with van der Waals surface area (Å²) in [5, 5.41) is 2.94. The van der Waals surface area contributed by atoms with Crippen molar-refractivity contribution in [2.24, 2.45) is 5.92 Å². The van der Waals surface area contributed by atoms with Gasteiger partial charge in [0.2, 0.25) is 15.9 Å². The Balaban J connectivity index is 1.78. The summed E-state index contributed by atoms with van der Waals surface area (Å²) in [6, 6.07) is 5.13. The Morgan fingerprint density at radius 3 is 2.58 bits per heavy atom. The summed E-state index contributed by atoms with van der Waals surface area (Å²) in [5.74, 6) is 0.741. The molecular formula is C17H24N2O4S. The average molecular weight is 352 g/mol. The number of hydrogen-bond donors (Lipinski definition) is 1. The molecule has 0 bridgehead atoms. The second-order valence-electron chi connectivity index (χ2n) is 6.45. The van der Waals surface area contributed by atoms with Gasteiger partial charge in [-0.05, 0) is 31.4 Å². The molecule has 0 atom stereocenters. The van der Waals surface area contributed by atoms with Crippen LogP contribution in [0.2, 0.25) is 0 Å². The van der Waals surface area contributed by atoms with Gasteiger partial charge in [0, 0.05) is 18.5 Å². The number of benzene rings is 1. The van der Waals surface area contributed by atoms with E-state index in [1.165, 1.54) is 17.8 Å². The smallest absolute Gasteiger partial charge is 0.235 e. The molecule has 2 aliphatic rings. The van der Waals surface area contributed by atoms with Crippen LogP contribution in [0, 0.1) is 5.92 Å². The molecule has 0 spiro atoms. The SMILES string of the molecule is COc1cc(N2CCCS2(=O)=O)ccc1NC(=O)C1CCCCC1. The fourth-order valence-corrected chi connectivity index (χ4v) is 5.02. The predicted molar refractivity (Wildman–Crippen MR) is 93.9 cm³/mol. The minimum Gasteiger partial charge on any atom is -0.494 e. The zero-order valence-electron chi connectivity index (χ0n) is 14.0. The molecule has 1 aliphatic heterocycles. The monoisotopic (exact) mass is 352 g/mol. The van der Waals surface area contributed by atoms with Gasteiger partial charge in [-0.15, -0.1) is 0 Å². The minimum atomic E-state index is -3.23. The van der Waals surface area contributed by atoms with Gasteiger partial charge in [0.1, 0.15) is 5.75 Å². The Hall–Kier alpha value is -1.76. The third kappa shape index (κ3) is 3.50. The first kappa shape index (κ1) is 17.1. The lowest BCUT2D eigenvalue weighted by Crippen LogP contribution is -2.26. The van der Waals surface area contributed by atoms with Crippen LogP contribution in [0.1, 0.15) is 38.5 Å². The molecule has 2 fully saturated rings. The van der Waals surface area contributed by atoms with Crippen molar-refractivity contribution >= 4 is 27.3 Å². The molecule has 0 radical (unpaired) electrons. The van der Waals surface area contributed by atoms with E-state index < -0.39 is 10.0 Å². The Morgan fingerprint density at radius 1 is 1.21 bits per heavy atom. The van der Waals surface area contributed by atoms with Gasteiger partial charge >= 0.3 is 0 Å². The highest BCUT2D eigenvalue weighted by Gasteiger charge is 2.29. The topological polar surface area (TPSA) is 75.7 Å². The number of anilines is 2. The normalized spacial score (nSPS) is 20.8. The Kier molecular flexibility index (Phi) is 4.99. The summed E-state index contributed by atoms with van der Waals surface area (Å²) < 4.78 is 30.9. The maximum Gasteiger partial charge on any atom is 0.235 e. The van der Waals surface area contributed by atoms with E-state index in [9.17, 15) is 13.2 Å². The van der Waals surface area contributed by atoms with Crippen LogP contribution in [-0.4, -0.2) is 33.7 Å². The first-order chi connectivity index (χ1) is 11.5. The molecule has 1 amide bonds. The highest BCUT2D eigenvalue weighted by molar-refractivity contribution is 7.93. The molecule has 1 aromatic carbocycles. The van der Waals surface area contributed by atoms with Gasteiger partial charge in [0.25, 0.3) is 0 Å². The number of methoxy groups -OCH3 is 1. The van der Waals surface area contributed by atoms with Crippen LogP contribution in [0.3, 0.4) is 0 Å². The van der Waals surface area contributed by atoms with Gasteiger partial charge in [0.15, 0.2) is 0 Å². The van der Waals surface area contributed by atoms with Crippen molar-refractivity contribution in [2.75, 3.05) is 29.0 Å². The molecule has 132 valence electrons. The van der Waals surface area contributed by atoms with Gasteiger partial charge in [0.05, 0.1) is 24.2 Å². The molecule has 1 saturated carbocycles. The zero-order chi connectivity index (χ0) is 17.2. The van der Waals surface area contributed by atoms with E-state index in [1.54, 1.807) is 18.2 Å². The van der Waals surface area contributed by atoms with E-state index >= 15 is 0 Å². The van der Waals surface area contributed by atoms with Crippen LogP contribution in [0.5, 0.6) is 5.75 Å². The van der Waals surface area contributed by atoms with Crippen LogP contribution in [0.25, 0.3) is 0 Å². The number of hydrogen-bond acceptors (Lipinski definition) is 4. The van der Waals surface area contributed by atoms with E-state index in [4.69, 9.17) is 4.74 Å². The highest BCUT2D eigenvalue weighted by atomic mass is 32.2. The molecule has 1 heterocycles. The average Bonchev–Trinajstić information content (AvgIpc) is 2.95. The minimum absolute atomic E-state index is 0.0227. The molecule has 7 heteroatoms. The number of sulfonamides is 1. The summed E-state index contributed by atoms with van der Waals surface area (Å²) in [5.41, 5.74) is 1.17. The summed E-state index contributed by atoms with van der Waals surface area (Å²) in [6.07, 6.45) is 5.88. The number of ether oxygens (including phenoxy) is 1. The number of carbonyl (C=O) groups is 1. The summed E-state index contributed by atoms with van der Waals surface area (Å²) in [7, 11) is -1.71. The van der Waals surface area contributed by atoms with Gasteiger partial charge in [-0.3, -0.25) is 9.10 Å². The molecule has 0 aromatic heterocycles. The van der Waals surface area contributed by atoms with Crippen LogP contribution in [0.15, 0.2) is 18.2 Å². The van der Waals surface area contributed by atoms with Crippen LogP contribution in [0.4, 0.5) is 11.4 Å². The molecule has 3 rings (SSSR count). The number of carbonyl (C=O) groups excluding carboxylic acids is 1. The third-order valence-electron chi connectivity index (χ3n) is 4.81. The Bertz CT molecular complexity index is 711. The van der Waals surface area contributed by atoms with E-state index in [1.807, 2.05) is 0 Å². The molecule has 1 saturated heterocycles. The third-order valence-corrected chi connectivity index (χ3v) is 6.68.